The van der Waals surface area contributed by atoms with Crippen molar-refractivity contribution < 1.29 is 13.2 Å². The molecule has 30 heavy (non-hydrogen) atoms. The number of urea groups is 1. The molecule has 1 heterocycles. The molecule has 3 rings (SSSR count). The minimum atomic E-state index is -3.55. The van der Waals surface area contributed by atoms with Crippen LogP contribution < -0.4 is 10.6 Å². The van der Waals surface area contributed by atoms with Crippen LogP contribution in [0.15, 0.2) is 53.7 Å². The first kappa shape index (κ1) is 22.2. The first-order valence-corrected chi connectivity index (χ1v) is 11.8. The Morgan fingerprint density at radius 2 is 1.83 bits per heavy atom. The van der Waals surface area contributed by atoms with Crippen LogP contribution in [0.4, 0.5) is 10.5 Å². The molecule has 1 fully saturated rings. The molecule has 2 amide bonds. The van der Waals surface area contributed by atoms with Crippen LogP contribution in [0.5, 0.6) is 0 Å². The summed E-state index contributed by atoms with van der Waals surface area (Å²) in [4.78, 5) is 16.3. The van der Waals surface area contributed by atoms with E-state index in [1.165, 1.54) is 29.3 Å². The standard InChI is InChI=1S/C22H30N4O3S/c1-17-5-7-18(8-6-17)16-26(2)30(28,29)21-11-9-20(10-12-21)25-22(27)24-15-19-4-3-13-23-14-19/h3-4,9-14,17-18H,5-8,15-16H2,1-2H3,(H2,24,25,27). The van der Waals surface area contributed by atoms with E-state index >= 15 is 0 Å². The number of nitrogens with zero attached hydrogens (tertiary/aromatic N) is 2. The highest BCUT2D eigenvalue weighted by atomic mass is 32.2. The van der Waals surface area contributed by atoms with Gasteiger partial charge in [0.25, 0.3) is 0 Å². The van der Waals surface area contributed by atoms with Crippen molar-refractivity contribution in [3.05, 3.63) is 54.4 Å². The molecule has 2 N–H and O–H groups in total. The van der Waals surface area contributed by atoms with Crippen LogP contribution in [-0.2, 0) is 16.6 Å². The van der Waals surface area contributed by atoms with Gasteiger partial charge < -0.3 is 10.6 Å². The number of sulfonamides is 1. The number of carbonyl (C=O) groups is 1. The quantitative estimate of drug-likeness (QED) is 0.698. The highest BCUT2D eigenvalue weighted by Crippen LogP contribution is 2.29. The smallest absolute Gasteiger partial charge is 0.319 e. The van der Waals surface area contributed by atoms with Gasteiger partial charge in [-0.25, -0.2) is 17.5 Å². The van der Waals surface area contributed by atoms with E-state index in [0.717, 1.165) is 24.3 Å². The van der Waals surface area contributed by atoms with Crippen LogP contribution in [0.3, 0.4) is 0 Å². The Bertz CT molecular complexity index is 925. The molecular weight excluding hydrogens is 400 g/mol. The summed E-state index contributed by atoms with van der Waals surface area (Å²) in [5, 5.41) is 5.45. The maximum Gasteiger partial charge on any atom is 0.319 e. The zero-order chi connectivity index (χ0) is 21.6. The van der Waals surface area contributed by atoms with E-state index in [2.05, 4.69) is 22.5 Å². The molecule has 1 aromatic carbocycles. The summed E-state index contributed by atoms with van der Waals surface area (Å²) in [6, 6.07) is 9.59. The first-order chi connectivity index (χ1) is 14.3. The van der Waals surface area contributed by atoms with Crippen molar-refractivity contribution >= 4 is 21.7 Å². The Labute approximate surface area is 178 Å². The van der Waals surface area contributed by atoms with E-state index < -0.39 is 10.0 Å². The van der Waals surface area contributed by atoms with Crippen LogP contribution in [-0.4, -0.2) is 37.3 Å². The Morgan fingerprint density at radius 1 is 1.13 bits per heavy atom. The van der Waals surface area contributed by atoms with Crippen molar-refractivity contribution in [1.29, 1.82) is 0 Å². The summed E-state index contributed by atoms with van der Waals surface area (Å²) < 4.78 is 27.2. The van der Waals surface area contributed by atoms with E-state index in [0.29, 0.717) is 24.7 Å². The van der Waals surface area contributed by atoms with Crippen molar-refractivity contribution in [1.82, 2.24) is 14.6 Å². The minimum Gasteiger partial charge on any atom is -0.334 e. The number of hydrogen-bond acceptors (Lipinski definition) is 4. The topological polar surface area (TPSA) is 91.4 Å². The molecule has 1 aliphatic rings. The number of rotatable bonds is 7. The van der Waals surface area contributed by atoms with Gasteiger partial charge in [-0.1, -0.05) is 25.8 Å². The third-order valence-corrected chi connectivity index (χ3v) is 7.48. The van der Waals surface area contributed by atoms with Crippen LogP contribution in [0, 0.1) is 11.8 Å². The largest absolute Gasteiger partial charge is 0.334 e. The van der Waals surface area contributed by atoms with Crippen molar-refractivity contribution in [2.45, 2.75) is 44.0 Å². The number of benzene rings is 1. The lowest BCUT2D eigenvalue weighted by molar-refractivity contribution is 0.251. The van der Waals surface area contributed by atoms with Crippen molar-refractivity contribution in [2.24, 2.45) is 11.8 Å². The lowest BCUT2D eigenvalue weighted by Gasteiger charge is -2.29. The predicted molar refractivity (Wildman–Crippen MR) is 117 cm³/mol. The number of aromatic nitrogens is 1. The molecule has 1 aromatic heterocycles. The second-order valence-electron chi connectivity index (χ2n) is 8.10. The molecule has 0 unspecified atom stereocenters. The van der Waals surface area contributed by atoms with Crippen molar-refractivity contribution in [2.75, 3.05) is 18.9 Å². The van der Waals surface area contributed by atoms with Crippen LogP contribution >= 0.6 is 0 Å². The van der Waals surface area contributed by atoms with Crippen LogP contribution in [0.25, 0.3) is 0 Å². The molecule has 0 aliphatic heterocycles. The van der Waals surface area contributed by atoms with Gasteiger partial charge in [-0.3, -0.25) is 4.98 Å². The average molecular weight is 431 g/mol. The van der Waals surface area contributed by atoms with Crippen LogP contribution in [0.2, 0.25) is 0 Å². The van der Waals surface area contributed by atoms with E-state index in [4.69, 9.17) is 0 Å². The number of pyridine rings is 1. The van der Waals surface area contributed by atoms with Crippen molar-refractivity contribution in [3.63, 3.8) is 0 Å². The van der Waals surface area contributed by atoms with Gasteiger partial charge >= 0.3 is 6.03 Å². The van der Waals surface area contributed by atoms with E-state index in [9.17, 15) is 13.2 Å². The fourth-order valence-corrected chi connectivity index (χ4v) is 4.97. The van der Waals surface area contributed by atoms with E-state index in [1.54, 1.807) is 37.6 Å². The normalized spacial score (nSPS) is 19.4. The fourth-order valence-electron chi connectivity index (χ4n) is 3.72. The molecule has 162 valence electrons. The summed E-state index contributed by atoms with van der Waals surface area (Å²) >= 11 is 0. The maximum atomic E-state index is 12.9. The number of carbonyl (C=O) groups excluding carboxylic acids is 1. The molecule has 7 nitrogen and oxygen atoms in total. The number of nitrogens with one attached hydrogen (secondary N) is 2. The second-order valence-corrected chi connectivity index (χ2v) is 10.1. The number of hydrogen-bond donors (Lipinski definition) is 2. The highest BCUT2D eigenvalue weighted by molar-refractivity contribution is 7.89. The lowest BCUT2D eigenvalue weighted by Crippen LogP contribution is -2.33. The molecule has 1 aliphatic carbocycles. The van der Waals surface area contributed by atoms with Gasteiger partial charge in [0.15, 0.2) is 0 Å². The Balaban J connectivity index is 1.53. The zero-order valence-corrected chi connectivity index (χ0v) is 18.4. The van der Waals surface area contributed by atoms with Gasteiger partial charge in [-0.05, 0) is 60.6 Å². The monoisotopic (exact) mass is 430 g/mol. The molecule has 1 saturated carbocycles. The summed E-state index contributed by atoms with van der Waals surface area (Å²) in [6.45, 7) is 3.16. The Hall–Kier alpha value is -2.45. The summed E-state index contributed by atoms with van der Waals surface area (Å²) in [6.07, 6.45) is 7.86. The molecule has 0 spiro atoms. The fraction of sp³-hybridized carbons (Fsp3) is 0.455. The van der Waals surface area contributed by atoms with E-state index in [-0.39, 0.29) is 10.9 Å². The van der Waals surface area contributed by atoms with Crippen molar-refractivity contribution in [3.8, 4) is 0 Å². The van der Waals surface area contributed by atoms with E-state index in [1.807, 2.05) is 6.07 Å². The molecule has 8 heteroatoms. The van der Waals surface area contributed by atoms with Gasteiger partial charge in [-0.2, -0.15) is 0 Å². The molecule has 0 atom stereocenters. The zero-order valence-electron chi connectivity index (χ0n) is 17.5. The third kappa shape index (κ3) is 6.03. The number of anilines is 1. The maximum absolute atomic E-state index is 12.9. The average Bonchev–Trinajstić information content (AvgIpc) is 2.75. The molecule has 2 aromatic rings. The van der Waals surface area contributed by atoms with Gasteiger partial charge in [0.05, 0.1) is 4.90 Å². The molecule has 0 radical (unpaired) electrons. The predicted octanol–water partition coefficient (Wildman–Crippen LogP) is 3.85. The van der Waals surface area contributed by atoms with Gasteiger partial charge in [0.1, 0.15) is 0 Å². The van der Waals surface area contributed by atoms with Gasteiger partial charge in [0.2, 0.25) is 10.0 Å². The highest BCUT2D eigenvalue weighted by Gasteiger charge is 2.26. The second kappa shape index (κ2) is 10.0. The Kier molecular flexibility index (Phi) is 7.44. The molecule has 0 bridgehead atoms. The Morgan fingerprint density at radius 3 is 2.47 bits per heavy atom. The SMILES string of the molecule is CC1CCC(CN(C)S(=O)(=O)c2ccc(NC(=O)NCc3cccnc3)cc2)CC1. The van der Waals surface area contributed by atoms with Crippen LogP contribution in [0.1, 0.15) is 38.2 Å². The third-order valence-electron chi connectivity index (χ3n) is 5.65. The number of amides is 2. The summed E-state index contributed by atoms with van der Waals surface area (Å²) in [5.74, 6) is 1.16. The van der Waals surface area contributed by atoms with Gasteiger partial charge in [-0.15, -0.1) is 0 Å². The molecule has 0 saturated heterocycles. The summed E-state index contributed by atoms with van der Waals surface area (Å²) in [5.41, 5.74) is 1.42. The van der Waals surface area contributed by atoms with Gasteiger partial charge in [0, 0.05) is 38.2 Å². The summed E-state index contributed by atoms with van der Waals surface area (Å²) in [7, 11) is -1.90. The molecular formula is C22H30N4O3S. The minimum absolute atomic E-state index is 0.232. The first-order valence-electron chi connectivity index (χ1n) is 10.3. The lowest BCUT2D eigenvalue weighted by atomic mass is 9.83.